The molecule has 2 aromatic rings. The molecule has 0 saturated heterocycles. The van der Waals surface area contributed by atoms with E-state index in [4.69, 9.17) is 9.52 Å². The monoisotopic (exact) mass is 343 g/mol. The van der Waals surface area contributed by atoms with Crippen molar-refractivity contribution in [2.75, 3.05) is 6.54 Å². The van der Waals surface area contributed by atoms with E-state index in [-0.39, 0.29) is 23.5 Å². The summed E-state index contributed by atoms with van der Waals surface area (Å²) in [6.45, 7) is 8.72. The third-order valence-electron chi connectivity index (χ3n) is 4.11. The number of carboxylic acids is 1. The van der Waals surface area contributed by atoms with Crippen molar-refractivity contribution in [1.82, 2.24) is 5.32 Å². The number of carbonyl (C=O) groups excluding carboxylic acids is 1. The highest BCUT2D eigenvalue weighted by atomic mass is 16.4. The summed E-state index contributed by atoms with van der Waals surface area (Å²) in [6, 6.07) is 8.38. The van der Waals surface area contributed by atoms with E-state index in [9.17, 15) is 9.59 Å². The van der Waals surface area contributed by atoms with E-state index in [2.05, 4.69) is 50.4 Å². The van der Waals surface area contributed by atoms with Crippen LogP contribution in [0.25, 0.3) is 0 Å². The molecule has 134 valence electrons. The van der Waals surface area contributed by atoms with Gasteiger partial charge < -0.3 is 14.8 Å². The Morgan fingerprint density at radius 1 is 1.16 bits per heavy atom. The Hall–Kier alpha value is -2.56. The second-order valence-electron chi connectivity index (χ2n) is 7.24. The van der Waals surface area contributed by atoms with E-state index in [1.807, 2.05) is 0 Å². The number of furan rings is 1. The summed E-state index contributed by atoms with van der Waals surface area (Å²) >= 11 is 0. The highest BCUT2D eigenvalue weighted by Crippen LogP contribution is 2.22. The van der Waals surface area contributed by atoms with Gasteiger partial charge in [-0.2, -0.15) is 0 Å². The molecule has 5 heteroatoms. The molecule has 1 aromatic carbocycles. The predicted molar refractivity (Wildman–Crippen MR) is 96.0 cm³/mol. The largest absolute Gasteiger partial charge is 0.481 e. The lowest BCUT2D eigenvalue weighted by atomic mass is 9.86. The van der Waals surface area contributed by atoms with E-state index in [0.29, 0.717) is 24.1 Å². The van der Waals surface area contributed by atoms with Crippen molar-refractivity contribution in [2.45, 2.75) is 46.0 Å². The van der Waals surface area contributed by atoms with Crippen LogP contribution in [0.2, 0.25) is 0 Å². The molecule has 0 aliphatic carbocycles. The van der Waals surface area contributed by atoms with Crippen LogP contribution in [0.1, 0.15) is 53.6 Å². The molecule has 1 heterocycles. The number of hydrogen-bond donors (Lipinski definition) is 2. The van der Waals surface area contributed by atoms with Crippen LogP contribution in [0.4, 0.5) is 0 Å². The summed E-state index contributed by atoms with van der Waals surface area (Å²) in [5, 5.41) is 11.7. The van der Waals surface area contributed by atoms with Gasteiger partial charge in [0.2, 0.25) is 0 Å². The first kappa shape index (κ1) is 18.8. The zero-order valence-electron chi connectivity index (χ0n) is 15.2. The number of amides is 1. The van der Waals surface area contributed by atoms with Crippen LogP contribution in [-0.2, 0) is 23.1 Å². The number of carbonyl (C=O) groups is 2. The van der Waals surface area contributed by atoms with E-state index in [0.717, 1.165) is 5.56 Å². The fraction of sp³-hybridized carbons (Fsp3) is 0.400. The van der Waals surface area contributed by atoms with Crippen LogP contribution < -0.4 is 5.32 Å². The topological polar surface area (TPSA) is 79.5 Å². The average Bonchev–Trinajstić information content (AvgIpc) is 2.86. The van der Waals surface area contributed by atoms with Gasteiger partial charge in [-0.1, -0.05) is 45.0 Å². The van der Waals surface area contributed by atoms with Gasteiger partial charge >= 0.3 is 5.97 Å². The maximum atomic E-state index is 12.3. The summed E-state index contributed by atoms with van der Waals surface area (Å²) in [5.41, 5.74) is 3.50. The summed E-state index contributed by atoms with van der Waals surface area (Å²) in [4.78, 5) is 23.2. The van der Waals surface area contributed by atoms with Crippen LogP contribution >= 0.6 is 0 Å². The fourth-order valence-electron chi connectivity index (χ4n) is 2.65. The molecule has 1 amide bonds. The van der Waals surface area contributed by atoms with Crippen LogP contribution in [-0.4, -0.2) is 23.5 Å². The van der Waals surface area contributed by atoms with Gasteiger partial charge in [0.15, 0.2) is 0 Å². The SMILES string of the molecule is Cc1coc(CC(=O)O)c1C(=O)NCCc1ccc(C(C)(C)C)cc1. The van der Waals surface area contributed by atoms with Crippen molar-refractivity contribution in [3.05, 3.63) is 58.5 Å². The van der Waals surface area contributed by atoms with Gasteiger partial charge in [0.05, 0.1) is 11.8 Å². The minimum atomic E-state index is -1.03. The molecule has 0 saturated carbocycles. The highest BCUT2D eigenvalue weighted by molar-refractivity contribution is 5.97. The molecule has 5 nitrogen and oxygen atoms in total. The number of hydrogen-bond acceptors (Lipinski definition) is 3. The standard InChI is InChI=1S/C20H25NO4/c1-13-12-25-16(11-17(22)23)18(13)19(24)21-10-9-14-5-7-15(8-6-14)20(2,3)4/h5-8,12H,9-11H2,1-4H3,(H,21,24)(H,22,23). The first-order valence-corrected chi connectivity index (χ1v) is 8.35. The minimum absolute atomic E-state index is 0.117. The summed E-state index contributed by atoms with van der Waals surface area (Å²) in [5.74, 6) is -1.13. The molecule has 2 rings (SSSR count). The first-order chi connectivity index (χ1) is 11.7. The Balaban J connectivity index is 1.95. The van der Waals surface area contributed by atoms with E-state index in [1.165, 1.54) is 11.8 Å². The lowest BCUT2D eigenvalue weighted by Gasteiger charge is -2.19. The summed E-state index contributed by atoms with van der Waals surface area (Å²) in [7, 11) is 0. The van der Waals surface area contributed by atoms with Gasteiger partial charge in [0.25, 0.3) is 5.91 Å². The van der Waals surface area contributed by atoms with Gasteiger partial charge in [-0.25, -0.2) is 0 Å². The van der Waals surface area contributed by atoms with Crippen LogP contribution in [0.15, 0.2) is 34.9 Å². The lowest BCUT2D eigenvalue weighted by molar-refractivity contribution is -0.136. The smallest absolute Gasteiger partial charge is 0.311 e. The van der Waals surface area contributed by atoms with E-state index < -0.39 is 5.97 Å². The number of rotatable bonds is 6. The van der Waals surface area contributed by atoms with Crippen molar-refractivity contribution in [3.63, 3.8) is 0 Å². The molecule has 0 fully saturated rings. The van der Waals surface area contributed by atoms with Gasteiger partial charge in [-0.3, -0.25) is 9.59 Å². The zero-order chi connectivity index (χ0) is 18.6. The van der Waals surface area contributed by atoms with Gasteiger partial charge in [-0.05, 0) is 29.9 Å². The quantitative estimate of drug-likeness (QED) is 0.841. The predicted octanol–water partition coefficient (Wildman–Crippen LogP) is 3.49. The molecule has 25 heavy (non-hydrogen) atoms. The molecule has 0 spiro atoms. The highest BCUT2D eigenvalue weighted by Gasteiger charge is 2.20. The molecular weight excluding hydrogens is 318 g/mol. The second kappa shape index (κ2) is 7.55. The molecule has 0 atom stereocenters. The van der Waals surface area contributed by atoms with Crippen molar-refractivity contribution >= 4 is 11.9 Å². The molecule has 0 unspecified atom stereocenters. The first-order valence-electron chi connectivity index (χ1n) is 8.35. The van der Waals surface area contributed by atoms with Crippen LogP contribution in [0.5, 0.6) is 0 Å². The number of benzene rings is 1. The van der Waals surface area contributed by atoms with Crippen molar-refractivity contribution in [1.29, 1.82) is 0 Å². The molecular formula is C20H25NO4. The minimum Gasteiger partial charge on any atom is -0.481 e. The third-order valence-corrected chi connectivity index (χ3v) is 4.11. The molecule has 2 N–H and O–H groups in total. The molecule has 1 aromatic heterocycles. The average molecular weight is 343 g/mol. The third kappa shape index (κ3) is 4.95. The number of aryl methyl sites for hydroxylation is 1. The van der Waals surface area contributed by atoms with Crippen molar-refractivity contribution in [3.8, 4) is 0 Å². The molecule has 0 radical (unpaired) electrons. The Morgan fingerprint density at radius 2 is 1.80 bits per heavy atom. The number of nitrogens with one attached hydrogen (secondary N) is 1. The maximum Gasteiger partial charge on any atom is 0.311 e. The zero-order valence-corrected chi connectivity index (χ0v) is 15.2. The van der Waals surface area contributed by atoms with Gasteiger partial charge in [0.1, 0.15) is 12.2 Å². The van der Waals surface area contributed by atoms with Gasteiger partial charge in [0, 0.05) is 12.1 Å². The lowest BCUT2D eigenvalue weighted by Crippen LogP contribution is -2.27. The van der Waals surface area contributed by atoms with Crippen molar-refractivity contribution in [2.24, 2.45) is 0 Å². The molecule has 0 bridgehead atoms. The molecule has 0 aliphatic rings. The summed E-state index contributed by atoms with van der Waals surface area (Å²) in [6.07, 6.45) is 1.82. The van der Waals surface area contributed by atoms with E-state index >= 15 is 0 Å². The molecule has 0 aliphatic heterocycles. The Labute approximate surface area is 148 Å². The maximum absolute atomic E-state index is 12.3. The number of carboxylic acid groups (broad SMARTS) is 1. The number of aliphatic carboxylic acids is 1. The second-order valence-corrected chi connectivity index (χ2v) is 7.24. The Morgan fingerprint density at radius 3 is 2.36 bits per heavy atom. The normalized spacial score (nSPS) is 11.4. The summed E-state index contributed by atoms with van der Waals surface area (Å²) < 4.78 is 5.20. The van der Waals surface area contributed by atoms with Crippen molar-refractivity contribution < 1.29 is 19.1 Å². The Kier molecular flexibility index (Phi) is 5.67. The fourth-order valence-corrected chi connectivity index (χ4v) is 2.65. The Bertz CT molecular complexity index is 751. The van der Waals surface area contributed by atoms with E-state index in [1.54, 1.807) is 6.92 Å². The van der Waals surface area contributed by atoms with Crippen LogP contribution in [0, 0.1) is 6.92 Å². The van der Waals surface area contributed by atoms with Gasteiger partial charge in [-0.15, -0.1) is 0 Å². The van der Waals surface area contributed by atoms with Crippen LogP contribution in [0.3, 0.4) is 0 Å².